The van der Waals surface area contributed by atoms with E-state index in [1.165, 1.54) is 6.07 Å². The minimum atomic E-state index is -4.65. The standard InChI is InChI=1S/C30H33F3N6O3/c1-37-10-2-3-24(37)29(40)38-11-6-19(7-12-38)9-14-42-25-5-4-20(15-23(25)30(31,32)33)27-22-8-13-39(21-17-41-18-21)28(22)36-26(16-34)35-27/h4-5,8,13,15,19,21,24H,2-3,6-7,9-12,14,17-18H2,1H3/t24-/m0/s1. The van der Waals surface area contributed by atoms with Crippen LogP contribution in [0.5, 0.6) is 5.75 Å². The van der Waals surface area contributed by atoms with Crippen molar-refractivity contribution >= 4 is 16.9 Å². The lowest BCUT2D eigenvalue weighted by Gasteiger charge is -2.34. The van der Waals surface area contributed by atoms with E-state index in [-0.39, 0.29) is 53.3 Å². The maximum absolute atomic E-state index is 14.2. The van der Waals surface area contributed by atoms with Crippen molar-refractivity contribution in [2.45, 2.75) is 50.4 Å². The number of benzene rings is 1. The van der Waals surface area contributed by atoms with E-state index in [9.17, 15) is 23.2 Å². The van der Waals surface area contributed by atoms with Crippen LogP contribution in [0.1, 0.15) is 49.5 Å². The van der Waals surface area contributed by atoms with Crippen molar-refractivity contribution < 1.29 is 27.4 Å². The van der Waals surface area contributed by atoms with Gasteiger partial charge in [-0.05, 0) is 75.9 Å². The molecule has 0 N–H and O–H groups in total. The van der Waals surface area contributed by atoms with Crippen LogP contribution < -0.4 is 4.74 Å². The number of piperidine rings is 1. The summed E-state index contributed by atoms with van der Waals surface area (Å²) in [5.74, 6) is 0.122. The van der Waals surface area contributed by atoms with Gasteiger partial charge in [0.25, 0.3) is 0 Å². The number of rotatable bonds is 7. The zero-order chi connectivity index (χ0) is 29.4. The monoisotopic (exact) mass is 582 g/mol. The normalized spacial score (nSPS) is 20.5. The fourth-order valence-corrected chi connectivity index (χ4v) is 6.22. The molecule has 0 aliphatic carbocycles. The Hall–Kier alpha value is -3.69. The molecule has 0 spiro atoms. The third-order valence-electron chi connectivity index (χ3n) is 8.76. The van der Waals surface area contributed by atoms with Gasteiger partial charge in [-0.15, -0.1) is 0 Å². The Labute approximate surface area is 241 Å². The largest absolute Gasteiger partial charge is 0.493 e. The molecule has 12 heteroatoms. The van der Waals surface area contributed by atoms with Crippen molar-refractivity contribution in [3.05, 3.63) is 41.9 Å². The number of aromatic nitrogens is 3. The first kappa shape index (κ1) is 28.4. The molecule has 0 radical (unpaired) electrons. The molecule has 3 aromatic rings. The van der Waals surface area contributed by atoms with Crippen LogP contribution >= 0.6 is 0 Å². The van der Waals surface area contributed by atoms with Gasteiger partial charge in [-0.2, -0.15) is 18.4 Å². The first-order valence-electron chi connectivity index (χ1n) is 14.4. The van der Waals surface area contributed by atoms with Crippen molar-refractivity contribution in [2.24, 2.45) is 5.92 Å². The summed E-state index contributed by atoms with van der Waals surface area (Å²) in [6.07, 6.45) is 1.32. The third kappa shape index (κ3) is 5.55. The Morgan fingerprint density at radius 3 is 2.57 bits per heavy atom. The molecule has 222 valence electrons. The molecular weight excluding hydrogens is 549 g/mol. The van der Waals surface area contributed by atoms with Crippen LogP contribution in [-0.2, 0) is 15.7 Å². The molecule has 1 atom stereocenters. The second-order valence-electron chi connectivity index (χ2n) is 11.4. The topological polar surface area (TPSA) is 96.5 Å². The van der Waals surface area contributed by atoms with Crippen LogP contribution in [-0.4, -0.2) is 82.8 Å². The molecule has 6 rings (SSSR count). The summed E-state index contributed by atoms with van der Waals surface area (Å²) in [5, 5.41) is 10.1. The molecule has 3 aliphatic heterocycles. The Bertz CT molecular complexity index is 1500. The van der Waals surface area contributed by atoms with Crippen molar-refractivity contribution in [2.75, 3.05) is 46.5 Å². The quantitative estimate of drug-likeness (QED) is 0.400. The van der Waals surface area contributed by atoms with E-state index in [4.69, 9.17) is 9.47 Å². The number of halogens is 3. The number of hydrogen-bond donors (Lipinski definition) is 0. The van der Waals surface area contributed by atoms with E-state index < -0.39 is 11.7 Å². The zero-order valence-corrected chi connectivity index (χ0v) is 23.4. The number of hydrogen-bond acceptors (Lipinski definition) is 7. The number of alkyl halides is 3. The lowest BCUT2D eigenvalue weighted by atomic mass is 9.93. The van der Waals surface area contributed by atoms with Crippen molar-refractivity contribution in [3.63, 3.8) is 0 Å². The van der Waals surface area contributed by atoms with Gasteiger partial charge in [0, 0.05) is 30.2 Å². The number of likely N-dealkylation sites (tertiary alicyclic amines) is 2. The lowest BCUT2D eigenvalue weighted by molar-refractivity contribution is -0.139. The second-order valence-corrected chi connectivity index (χ2v) is 11.4. The highest BCUT2D eigenvalue weighted by molar-refractivity contribution is 5.91. The van der Waals surface area contributed by atoms with Crippen LogP contribution in [0.25, 0.3) is 22.3 Å². The second kappa shape index (κ2) is 11.5. The van der Waals surface area contributed by atoms with E-state index >= 15 is 0 Å². The first-order valence-corrected chi connectivity index (χ1v) is 14.4. The molecule has 1 amide bonds. The molecule has 0 saturated carbocycles. The van der Waals surface area contributed by atoms with Gasteiger partial charge in [-0.3, -0.25) is 9.69 Å². The SMILES string of the molecule is CN1CCC[C@H]1C(=O)N1CCC(CCOc2ccc(-c3nc(C#N)nc4c3ccn4C3COC3)cc2C(F)(F)F)CC1. The Balaban J connectivity index is 1.14. The average Bonchev–Trinajstić information content (AvgIpc) is 3.57. The van der Waals surface area contributed by atoms with Crippen LogP contribution in [0.15, 0.2) is 30.5 Å². The van der Waals surface area contributed by atoms with Gasteiger partial charge in [0.05, 0.1) is 43.2 Å². The van der Waals surface area contributed by atoms with E-state index in [1.807, 2.05) is 22.6 Å². The molecule has 5 heterocycles. The summed E-state index contributed by atoms with van der Waals surface area (Å²) >= 11 is 0. The van der Waals surface area contributed by atoms with Crippen LogP contribution in [0.2, 0.25) is 0 Å². The van der Waals surface area contributed by atoms with Gasteiger partial charge in [-0.25, -0.2) is 9.97 Å². The highest BCUT2D eigenvalue weighted by Gasteiger charge is 2.36. The summed E-state index contributed by atoms with van der Waals surface area (Å²) in [6.45, 7) is 3.44. The molecule has 0 unspecified atom stereocenters. The fourth-order valence-electron chi connectivity index (χ4n) is 6.22. The van der Waals surface area contributed by atoms with Crippen molar-refractivity contribution in [1.29, 1.82) is 5.26 Å². The number of fused-ring (bicyclic) bond motifs is 1. The van der Waals surface area contributed by atoms with E-state index in [0.717, 1.165) is 38.3 Å². The number of carbonyl (C=O) groups is 1. The molecule has 9 nitrogen and oxygen atoms in total. The van der Waals surface area contributed by atoms with E-state index in [1.54, 1.807) is 18.3 Å². The number of likely N-dealkylation sites (N-methyl/N-ethyl adjacent to an activating group) is 1. The summed E-state index contributed by atoms with van der Waals surface area (Å²) in [4.78, 5) is 25.5. The maximum Gasteiger partial charge on any atom is 0.419 e. The van der Waals surface area contributed by atoms with Crippen molar-refractivity contribution in [1.82, 2.24) is 24.3 Å². The molecule has 1 aromatic carbocycles. The van der Waals surface area contributed by atoms with Crippen LogP contribution in [0.4, 0.5) is 13.2 Å². The number of carbonyl (C=O) groups excluding carboxylic acids is 1. The molecule has 42 heavy (non-hydrogen) atoms. The highest BCUT2D eigenvalue weighted by atomic mass is 19.4. The molecule has 0 bridgehead atoms. The summed E-state index contributed by atoms with van der Waals surface area (Å²) in [6, 6.07) is 7.61. The molecule has 3 fully saturated rings. The summed E-state index contributed by atoms with van der Waals surface area (Å²) in [7, 11) is 1.99. The first-order chi connectivity index (χ1) is 20.2. The van der Waals surface area contributed by atoms with Crippen LogP contribution in [0.3, 0.4) is 0 Å². The van der Waals surface area contributed by atoms with Gasteiger partial charge in [-0.1, -0.05) is 0 Å². The molecule has 3 aliphatic rings. The maximum atomic E-state index is 14.2. The minimum Gasteiger partial charge on any atom is -0.493 e. The van der Waals surface area contributed by atoms with Gasteiger partial charge in [0.15, 0.2) is 0 Å². The third-order valence-corrected chi connectivity index (χ3v) is 8.76. The zero-order valence-electron chi connectivity index (χ0n) is 23.4. The van der Waals surface area contributed by atoms with Gasteiger partial charge >= 0.3 is 6.18 Å². The number of ether oxygens (including phenoxy) is 2. The van der Waals surface area contributed by atoms with Gasteiger partial charge in [0.1, 0.15) is 17.5 Å². The number of nitriles is 1. The molecular formula is C30H33F3N6O3. The lowest BCUT2D eigenvalue weighted by Crippen LogP contribution is -2.47. The smallest absolute Gasteiger partial charge is 0.419 e. The number of amides is 1. The number of nitrogens with zero attached hydrogens (tertiary/aromatic N) is 6. The van der Waals surface area contributed by atoms with E-state index in [0.29, 0.717) is 43.8 Å². The predicted octanol–water partition coefficient (Wildman–Crippen LogP) is 4.66. The Kier molecular flexibility index (Phi) is 7.81. The Morgan fingerprint density at radius 2 is 1.93 bits per heavy atom. The summed E-state index contributed by atoms with van der Waals surface area (Å²) in [5.41, 5.74) is 0.0868. The Morgan fingerprint density at radius 1 is 1.14 bits per heavy atom. The van der Waals surface area contributed by atoms with E-state index in [2.05, 4.69) is 14.9 Å². The fraction of sp³-hybridized carbons (Fsp3) is 0.533. The van der Waals surface area contributed by atoms with Gasteiger partial charge < -0.3 is 18.9 Å². The minimum absolute atomic E-state index is 0.0316. The van der Waals surface area contributed by atoms with Crippen LogP contribution in [0, 0.1) is 17.2 Å². The highest BCUT2D eigenvalue weighted by Crippen LogP contribution is 2.40. The van der Waals surface area contributed by atoms with Crippen molar-refractivity contribution in [3.8, 4) is 23.1 Å². The predicted molar refractivity (Wildman–Crippen MR) is 148 cm³/mol. The summed E-state index contributed by atoms with van der Waals surface area (Å²) < 4.78 is 55.4. The molecule has 2 aromatic heterocycles. The molecule has 3 saturated heterocycles. The van der Waals surface area contributed by atoms with Gasteiger partial charge in [0.2, 0.25) is 11.7 Å². The average molecular weight is 583 g/mol.